The second-order valence-electron chi connectivity index (χ2n) is 6.04. The number of nitrogens with zero attached hydrogens (tertiary/aromatic N) is 2. The molecule has 0 saturated carbocycles. The molecule has 0 bridgehead atoms. The Bertz CT molecular complexity index is 595. The molecule has 7 heteroatoms. The number of halogens is 1. The minimum Gasteiger partial charge on any atom is -0.493 e. The summed E-state index contributed by atoms with van der Waals surface area (Å²) < 4.78 is 11.6. The molecule has 1 fully saturated rings. The lowest BCUT2D eigenvalue weighted by atomic mass is 10.2. The molecule has 2 N–H and O–H groups in total. The van der Waals surface area contributed by atoms with Crippen molar-refractivity contribution in [3.8, 4) is 11.5 Å². The Morgan fingerprint density at radius 2 is 2.12 bits per heavy atom. The van der Waals surface area contributed by atoms with Crippen LogP contribution in [0.25, 0.3) is 0 Å². The van der Waals surface area contributed by atoms with Crippen LogP contribution in [0.4, 0.5) is 0 Å². The first kappa shape index (κ1) is 19.8. The molecule has 1 saturated heterocycles. The van der Waals surface area contributed by atoms with Crippen molar-refractivity contribution in [3.05, 3.63) is 22.2 Å². The number of aliphatic imine (C=N–C) groups is 1. The zero-order valence-electron chi connectivity index (χ0n) is 15.6. The van der Waals surface area contributed by atoms with Crippen molar-refractivity contribution in [2.24, 2.45) is 4.99 Å². The van der Waals surface area contributed by atoms with Crippen LogP contribution in [-0.2, 0) is 6.54 Å². The first-order chi connectivity index (χ1) is 12.1. The van der Waals surface area contributed by atoms with E-state index in [9.17, 15) is 0 Å². The molecule has 25 heavy (non-hydrogen) atoms. The molecule has 0 radical (unpaired) electrons. The number of rotatable bonds is 7. The molecular formula is C18H29BrN4O2. The number of likely N-dealkylation sites (tertiary alicyclic amines) is 1. The van der Waals surface area contributed by atoms with E-state index in [2.05, 4.69) is 43.4 Å². The van der Waals surface area contributed by atoms with Crippen LogP contribution in [0.5, 0.6) is 11.5 Å². The van der Waals surface area contributed by atoms with Gasteiger partial charge >= 0.3 is 0 Å². The molecule has 1 atom stereocenters. The van der Waals surface area contributed by atoms with Crippen molar-refractivity contribution in [1.82, 2.24) is 15.5 Å². The minimum absolute atomic E-state index is 0.596. The van der Waals surface area contributed by atoms with E-state index in [1.54, 1.807) is 21.3 Å². The fourth-order valence-electron chi connectivity index (χ4n) is 3.24. The van der Waals surface area contributed by atoms with E-state index in [0.29, 0.717) is 24.1 Å². The van der Waals surface area contributed by atoms with Gasteiger partial charge in [-0.1, -0.05) is 6.92 Å². The van der Waals surface area contributed by atoms with Crippen LogP contribution in [0, 0.1) is 0 Å². The van der Waals surface area contributed by atoms with Gasteiger partial charge in [-0.3, -0.25) is 9.89 Å². The van der Waals surface area contributed by atoms with Crippen LogP contribution in [0.2, 0.25) is 0 Å². The van der Waals surface area contributed by atoms with E-state index >= 15 is 0 Å². The van der Waals surface area contributed by atoms with Crippen LogP contribution in [0.15, 0.2) is 21.6 Å². The second-order valence-corrected chi connectivity index (χ2v) is 6.90. The lowest BCUT2D eigenvalue weighted by Gasteiger charge is -2.24. The van der Waals surface area contributed by atoms with Gasteiger partial charge < -0.3 is 20.1 Å². The Morgan fingerprint density at radius 1 is 1.32 bits per heavy atom. The molecule has 140 valence electrons. The highest BCUT2D eigenvalue weighted by molar-refractivity contribution is 9.10. The molecular weight excluding hydrogens is 384 g/mol. The number of methoxy groups -OCH3 is 2. The molecule has 0 amide bonds. The molecule has 1 aliphatic heterocycles. The van der Waals surface area contributed by atoms with Crippen LogP contribution in [0.1, 0.15) is 25.3 Å². The Hall–Kier alpha value is -1.47. The molecule has 1 aliphatic rings. The number of nitrogens with one attached hydrogen (secondary N) is 2. The summed E-state index contributed by atoms with van der Waals surface area (Å²) in [5.41, 5.74) is 1.09. The van der Waals surface area contributed by atoms with Gasteiger partial charge in [0.25, 0.3) is 0 Å². The topological polar surface area (TPSA) is 58.1 Å². The summed E-state index contributed by atoms with van der Waals surface area (Å²) in [5, 5.41) is 6.80. The van der Waals surface area contributed by atoms with Gasteiger partial charge in [-0.05, 0) is 59.6 Å². The summed E-state index contributed by atoms with van der Waals surface area (Å²) in [6, 6.07) is 4.59. The smallest absolute Gasteiger partial charge is 0.191 e. The molecule has 1 heterocycles. The Kier molecular flexibility index (Phi) is 7.84. The third-order valence-electron chi connectivity index (χ3n) is 4.59. The fourth-order valence-corrected chi connectivity index (χ4v) is 3.89. The highest BCUT2D eigenvalue weighted by Gasteiger charge is 2.22. The molecule has 1 aromatic rings. The van der Waals surface area contributed by atoms with Crippen molar-refractivity contribution < 1.29 is 9.47 Å². The Balaban J connectivity index is 1.91. The van der Waals surface area contributed by atoms with E-state index < -0.39 is 0 Å². The monoisotopic (exact) mass is 412 g/mol. The number of hydrogen-bond acceptors (Lipinski definition) is 4. The number of hydrogen-bond donors (Lipinski definition) is 2. The summed E-state index contributed by atoms with van der Waals surface area (Å²) in [7, 11) is 5.07. The summed E-state index contributed by atoms with van der Waals surface area (Å²) in [6.45, 7) is 6.11. The van der Waals surface area contributed by atoms with Crippen LogP contribution < -0.4 is 20.1 Å². The summed E-state index contributed by atoms with van der Waals surface area (Å²) in [6.07, 6.45) is 2.53. The lowest BCUT2D eigenvalue weighted by Crippen LogP contribution is -2.44. The van der Waals surface area contributed by atoms with Crippen LogP contribution >= 0.6 is 15.9 Å². The highest BCUT2D eigenvalue weighted by Crippen LogP contribution is 2.36. The van der Waals surface area contributed by atoms with Crippen molar-refractivity contribution in [2.45, 2.75) is 32.4 Å². The average Bonchev–Trinajstić information content (AvgIpc) is 3.08. The van der Waals surface area contributed by atoms with E-state index in [0.717, 1.165) is 29.1 Å². The van der Waals surface area contributed by atoms with Gasteiger partial charge in [0.05, 0.1) is 18.7 Å². The van der Waals surface area contributed by atoms with Crippen molar-refractivity contribution in [3.63, 3.8) is 0 Å². The van der Waals surface area contributed by atoms with Gasteiger partial charge in [-0.25, -0.2) is 0 Å². The third kappa shape index (κ3) is 5.25. The summed E-state index contributed by atoms with van der Waals surface area (Å²) in [4.78, 5) is 6.84. The number of ether oxygens (including phenoxy) is 2. The predicted molar refractivity (Wildman–Crippen MR) is 106 cm³/mol. The molecule has 1 aromatic carbocycles. The standard InChI is InChI=1S/C18H29BrN4O2/c1-5-23-8-6-7-14(23)12-22-18(20-2)21-11-13-9-15(19)17(25-4)16(10-13)24-3/h9-10,14H,5-8,11-12H2,1-4H3,(H2,20,21,22). The Labute approximate surface area is 159 Å². The lowest BCUT2D eigenvalue weighted by molar-refractivity contribution is 0.267. The average molecular weight is 413 g/mol. The van der Waals surface area contributed by atoms with Gasteiger partial charge in [0.15, 0.2) is 17.5 Å². The first-order valence-corrected chi connectivity index (χ1v) is 9.51. The largest absolute Gasteiger partial charge is 0.493 e. The molecule has 2 rings (SSSR count). The maximum atomic E-state index is 5.40. The van der Waals surface area contributed by atoms with Crippen LogP contribution in [0.3, 0.4) is 0 Å². The van der Waals surface area contributed by atoms with Crippen molar-refractivity contribution >= 4 is 21.9 Å². The Morgan fingerprint density at radius 3 is 2.76 bits per heavy atom. The number of guanidine groups is 1. The third-order valence-corrected chi connectivity index (χ3v) is 5.18. The molecule has 0 aromatic heterocycles. The summed E-state index contributed by atoms with van der Waals surface area (Å²) in [5.74, 6) is 2.23. The van der Waals surface area contributed by atoms with E-state index in [1.165, 1.54) is 19.4 Å². The van der Waals surface area contributed by atoms with Gasteiger partial charge in [-0.15, -0.1) is 0 Å². The second kappa shape index (κ2) is 9.87. The number of likely N-dealkylation sites (N-methyl/N-ethyl adjacent to an activating group) is 1. The quantitative estimate of drug-likeness (QED) is 0.532. The van der Waals surface area contributed by atoms with Gasteiger partial charge in [-0.2, -0.15) is 0 Å². The highest BCUT2D eigenvalue weighted by atomic mass is 79.9. The van der Waals surface area contributed by atoms with E-state index in [1.807, 2.05) is 12.1 Å². The first-order valence-electron chi connectivity index (χ1n) is 8.71. The van der Waals surface area contributed by atoms with E-state index in [-0.39, 0.29) is 0 Å². The summed E-state index contributed by atoms with van der Waals surface area (Å²) >= 11 is 3.53. The van der Waals surface area contributed by atoms with Crippen molar-refractivity contribution in [1.29, 1.82) is 0 Å². The molecule has 0 aliphatic carbocycles. The molecule has 6 nitrogen and oxygen atoms in total. The fraction of sp³-hybridized carbons (Fsp3) is 0.611. The zero-order valence-corrected chi connectivity index (χ0v) is 17.1. The van der Waals surface area contributed by atoms with E-state index in [4.69, 9.17) is 9.47 Å². The minimum atomic E-state index is 0.596. The SMILES string of the molecule is CCN1CCCC1CNC(=NC)NCc1cc(Br)c(OC)c(OC)c1. The van der Waals surface area contributed by atoms with Crippen molar-refractivity contribution in [2.75, 3.05) is 40.9 Å². The normalized spacial score (nSPS) is 18.3. The molecule has 1 unspecified atom stereocenters. The van der Waals surface area contributed by atoms with Gasteiger partial charge in [0, 0.05) is 26.2 Å². The van der Waals surface area contributed by atoms with Crippen LogP contribution in [-0.4, -0.2) is 57.8 Å². The van der Waals surface area contributed by atoms with Gasteiger partial charge in [0.2, 0.25) is 0 Å². The predicted octanol–water partition coefficient (Wildman–Crippen LogP) is 2.62. The molecule has 0 spiro atoms. The maximum absolute atomic E-state index is 5.40. The maximum Gasteiger partial charge on any atom is 0.191 e. The zero-order chi connectivity index (χ0) is 18.2. The number of benzene rings is 1. The van der Waals surface area contributed by atoms with Gasteiger partial charge in [0.1, 0.15) is 0 Å².